The fourth-order valence-corrected chi connectivity index (χ4v) is 1.04. The third kappa shape index (κ3) is 9.76. The monoisotopic (exact) mass is 237 g/mol. The minimum atomic E-state index is 0. The van der Waals surface area contributed by atoms with Gasteiger partial charge in [-0.2, -0.15) is 0 Å². The van der Waals surface area contributed by atoms with E-state index in [0.29, 0.717) is 12.6 Å². The first-order valence-electron chi connectivity index (χ1n) is 6.21. The Morgan fingerprint density at radius 1 is 1.18 bits per heavy atom. The molecule has 1 aromatic rings. The van der Waals surface area contributed by atoms with Crippen LogP contribution in [0.4, 0.5) is 0 Å². The zero-order valence-corrected chi connectivity index (χ0v) is 11.7. The van der Waals surface area contributed by atoms with Crippen LogP contribution in [-0.4, -0.2) is 18.4 Å². The topological polar surface area (TPSA) is 29.1 Å². The maximum atomic E-state index is 11.0. The van der Waals surface area contributed by atoms with Crippen LogP contribution in [0.2, 0.25) is 0 Å². The van der Waals surface area contributed by atoms with Crippen LogP contribution in [0.3, 0.4) is 0 Å². The molecule has 1 aromatic carbocycles. The molecule has 0 heterocycles. The van der Waals surface area contributed by atoms with E-state index in [4.69, 9.17) is 0 Å². The summed E-state index contributed by atoms with van der Waals surface area (Å²) in [5, 5.41) is 3.08. The van der Waals surface area contributed by atoms with Crippen molar-refractivity contribution in [2.45, 2.75) is 40.7 Å². The van der Waals surface area contributed by atoms with Gasteiger partial charge in [-0.25, -0.2) is 0 Å². The van der Waals surface area contributed by atoms with Crippen molar-refractivity contribution < 1.29 is 6.22 Å². The highest BCUT2D eigenvalue weighted by atomic mass is 16.1. The maximum absolute atomic E-state index is 11.0. The van der Waals surface area contributed by atoms with E-state index in [1.807, 2.05) is 45.9 Å². The number of aryl methyl sites for hydroxylation is 1. The molecule has 0 aliphatic carbocycles. The molecule has 2 nitrogen and oxygen atoms in total. The Balaban J connectivity index is 0. The summed E-state index contributed by atoms with van der Waals surface area (Å²) in [5.41, 5.74) is 1.32. The van der Waals surface area contributed by atoms with Gasteiger partial charge in [0.05, 0.1) is 6.54 Å². The first-order valence-corrected chi connectivity index (χ1v) is 6.21. The largest absolute Gasteiger partial charge is 0.308 e. The fourth-order valence-electron chi connectivity index (χ4n) is 1.04. The van der Waals surface area contributed by atoms with Crippen molar-refractivity contribution in [1.29, 1.82) is 0 Å². The Morgan fingerprint density at radius 3 is 2.00 bits per heavy atom. The van der Waals surface area contributed by atoms with Crippen molar-refractivity contribution in [3.63, 3.8) is 0 Å². The fraction of sp³-hybridized carbons (Fsp3) is 0.533. The Morgan fingerprint density at radius 2 is 1.71 bits per heavy atom. The number of Topliss-reactive ketones (excluding diaryl/α,β-unsaturated/α-hetero) is 1. The van der Waals surface area contributed by atoms with Crippen LogP contribution in [0.5, 0.6) is 0 Å². The van der Waals surface area contributed by atoms with E-state index in [-0.39, 0.29) is 13.1 Å². The van der Waals surface area contributed by atoms with Gasteiger partial charge < -0.3 is 5.32 Å². The molecule has 0 saturated heterocycles. The Labute approximate surface area is 107 Å². The third-order valence-corrected chi connectivity index (χ3v) is 2.27. The molecule has 0 radical (unpaired) electrons. The second kappa shape index (κ2) is 8.94. The molecule has 0 atom stereocenters. The molecule has 0 aliphatic heterocycles. The summed E-state index contributed by atoms with van der Waals surface area (Å²) in [6, 6.07) is 10.7. The molecule has 0 spiro atoms. The van der Waals surface area contributed by atoms with Crippen LogP contribution in [0, 0.1) is 12.8 Å². The van der Waals surface area contributed by atoms with Gasteiger partial charge in [0, 0.05) is 13.4 Å². The molecular formula is C15H27NO. The van der Waals surface area contributed by atoms with E-state index in [9.17, 15) is 4.79 Å². The second-order valence-electron chi connectivity index (χ2n) is 4.81. The highest BCUT2D eigenvalue weighted by Gasteiger charge is 2.05. The molecule has 0 amide bonds. The molecule has 0 bridgehead atoms. The van der Waals surface area contributed by atoms with Gasteiger partial charge in [-0.1, -0.05) is 63.6 Å². The number of hydrogen-bond donors (Lipinski definition) is 1. The molecule has 0 unspecified atom stereocenters. The van der Waals surface area contributed by atoms with E-state index < -0.39 is 0 Å². The van der Waals surface area contributed by atoms with Gasteiger partial charge in [-0.05, 0) is 6.92 Å². The number of carbonyl (C=O) groups is 1. The van der Waals surface area contributed by atoms with Crippen LogP contribution in [-0.2, 0) is 4.79 Å². The molecule has 0 fully saturated rings. The smallest absolute Gasteiger partial charge is 0.149 e. The normalized spacial score (nSPS) is 10.1. The summed E-state index contributed by atoms with van der Waals surface area (Å²) < 4.78 is 0. The number of hydrogen-bond acceptors (Lipinski definition) is 2. The SMILES string of the molecule is CC(C)NCC(=O)C(C)C.Cc1ccccc1.[HH]. The second-order valence-corrected chi connectivity index (χ2v) is 4.81. The van der Waals surface area contributed by atoms with E-state index in [1.54, 1.807) is 0 Å². The lowest BCUT2D eigenvalue weighted by atomic mass is 10.1. The van der Waals surface area contributed by atoms with Crippen molar-refractivity contribution in [2.24, 2.45) is 5.92 Å². The van der Waals surface area contributed by atoms with Gasteiger partial charge in [0.15, 0.2) is 0 Å². The summed E-state index contributed by atoms with van der Waals surface area (Å²) in [5.74, 6) is 0.444. The molecule has 1 rings (SSSR count). The zero-order valence-electron chi connectivity index (χ0n) is 11.7. The van der Waals surface area contributed by atoms with Crippen molar-refractivity contribution in [2.75, 3.05) is 6.54 Å². The van der Waals surface area contributed by atoms with Crippen molar-refractivity contribution in [1.82, 2.24) is 5.32 Å². The number of nitrogens with one attached hydrogen (secondary N) is 1. The highest BCUT2D eigenvalue weighted by Crippen LogP contribution is 1.92. The Bertz CT molecular complexity index is 310. The van der Waals surface area contributed by atoms with Crippen LogP contribution in [0.1, 0.15) is 34.7 Å². The third-order valence-electron chi connectivity index (χ3n) is 2.27. The number of ketones is 1. The standard InChI is InChI=1S/C8H17NO.C7H8.H2/c1-6(2)8(10)5-9-7(3)4;1-7-5-3-2-4-6-7;/h6-7,9H,5H2,1-4H3;2-6H,1H3;1H. The van der Waals surface area contributed by atoms with Gasteiger partial charge in [0.2, 0.25) is 0 Å². The lowest BCUT2D eigenvalue weighted by molar-refractivity contribution is -0.121. The molecule has 17 heavy (non-hydrogen) atoms. The van der Waals surface area contributed by atoms with Gasteiger partial charge >= 0.3 is 0 Å². The maximum Gasteiger partial charge on any atom is 0.149 e. The van der Waals surface area contributed by atoms with Gasteiger partial charge in [0.1, 0.15) is 5.78 Å². The van der Waals surface area contributed by atoms with E-state index in [1.165, 1.54) is 5.56 Å². The van der Waals surface area contributed by atoms with Crippen LogP contribution < -0.4 is 5.32 Å². The van der Waals surface area contributed by atoms with Crippen LogP contribution >= 0.6 is 0 Å². The van der Waals surface area contributed by atoms with Crippen molar-refractivity contribution >= 4 is 5.78 Å². The first kappa shape index (κ1) is 15.9. The molecule has 98 valence electrons. The van der Waals surface area contributed by atoms with Crippen LogP contribution in [0.15, 0.2) is 30.3 Å². The zero-order chi connectivity index (χ0) is 13.3. The van der Waals surface area contributed by atoms with Gasteiger partial charge in [-0.15, -0.1) is 0 Å². The lowest BCUT2D eigenvalue weighted by Crippen LogP contribution is -2.31. The predicted molar refractivity (Wildman–Crippen MR) is 76.3 cm³/mol. The average molecular weight is 237 g/mol. The summed E-state index contributed by atoms with van der Waals surface area (Å²) >= 11 is 0. The van der Waals surface area contributed by atoms with E-state index >= 15 is 0 Å². The minimum Gasteiger partial charge on any atom is -0.308 e. The molecular weight excluding hydrogens is 210 g/mol. The van der Waals surface area contributed by atoms with Crippen LogP contribution in [0.25, 0.3) is 0 Å². The summed E-state index contributed by atoms with van der Waals surface area (Å²) in [4.78, 5) is 11.0. The molecule has 0 saturated carbocycles. The summed E-state index contributed by atoms with van der Waals surface area (Å²) in [6.07, 6.45) is 0. The average Bonchev–Trinajstić information content (AvgIpc) is 2.27. The summed E-state index contributed by atoms with van der Waals surface area (Å²) in [6.45, 7) is 10.5. The van der Waals surface area contributed by atoms with Gasteiger partial charge in [-0.3, -0.25) is 4.79 Å². The number of rotatable bonds is 4. The molecule has 0 aliphatic rings. The van der Waals surface area contributed by atoms with E-state index in [0.717, 1.165) is 0 Å². The minimum absolute atomic E-state index is 0. The summed E-state index contributed by atoms with van der Waals surface area (Å²) in [7, 11) is 0. The number of carbonyl (C=O) groups excluding carboxylic acids is 1. The molecule has 2 heteroatoms. The molecule has 0 aromatic heterocycles. The lowest BCUT2D eigenvalue weighted by Gasteiger charge is -2.08. The molecule has 1 N–H and O–H groups in total. The Kier molecular flexibility index (Phi) is 8.34. The van der Waals surface area contributed by atoms with E-state index in [2.05, 4.69) is 24.4 Å². The first-order chi connectivity index (χ1) is 7.93. The van der Waals surface area contributed by atoms with Crippen molar-refractivity contribution in [3.8, 4) is 0 Å². The van der Waals surface area contributed by atoms with Crippen molar-refractivity contribution in [3.05, 3.63) is 35.9 Å². The number of benzene rings is 1. The Hall–Kier alpha value is -1.15. The quantitative estimate of drug-likeness (QED) is 0.869. The van der Waals surface area contributed by atoms with Gasteiger partial charge in [0.25, 0.3) is 0 Å². The highest BCUT2D eigenvalue weighted by molar-refractivity contribution is 5.82. The predicted octanol–water partition coefficient (Wildman–Crippen LogP) is 3.45.